The van der Waals surface area contributed by atoms with Gasteiger partial charge >= 0.3 is 0 Å². The number of hydrogen-bond donors (Lipinski definition) is 0. The summed E-state index contributed by atoms with van der Waals surface area (Å²) in [7, 11) is -2.68. The van der Waals surface area contributed by atoms with E-state index in [0.29, 0.717) is 0 Å². The lowest BCUT2D eigenvalue weighted by molar-refractivity contribution is 0.428. The maximum absolute atomic E-state index is 12.7. The second kappa shape index (κ2) is 2.90. The van der Waals surface area contributed by atoms with Crippen LogP contribution in [0, 0.1) is 17.5 Å². The fourth-order valence-electron chi connectivity index (χ4n) is 0.751. The summed E-state index contributed by atoms with van der Waals surface area (Å²) in [5, 5.41) is 0. The highest BCUT2D eigenvalue weighted by molar-refractivity contribution is 8.30. The average molecular weight is 253 g/mol. The third kappa shape index (κ3) is 2.03. The Morgan fingerprint density at radius 1 is 1.07 bits per heavy atom. The lowest BCUT2D eigenvalue weighted by Gasteiger charge is -2.16. The molecule has 0 radical (unpaired) electrons. The van der Waals surface area contributed by atoms with Gasteiger partial charge in [0.15, 0.2) is 17.5 Å². The smallest absolute Gasteiger partial charge is 0.204 e. The molecule has 1 rings (SSSR count). The van der Waals surface area contributed by atoms with Gasteiger partial charge in [-0.25, -0.2) is 17.4 Å². The van der Waals surface area contributed by atoms with Crippen LogP contribution in [0.2, 0.25) is 0 Å². The topological polar surface area (TPSA) is 17.1 Å². The summed E-state index contributed by atoms with van der Waals surface area (Å²) < 4.78 is 72.7. The third-order valence-electron chi connectivity index (χ3n) is 1.34. The van der Waals surface area contributed by atoms with Gasteiger partial charge in [-0.05, 0) is 12.1 Å². The van der Waals surface area contributed by atoms with E-state index in [0.717, 1.165) is 0 Å². The van der Waals surface area contributed by atoms with Gasteiger partial charge in [0.2, 0.25) is 0 Å². The van der Waals surface area contributed by atoms with E-state index in [4.69, 9.17) is 0 Å². The van der Waals surface area contributed by atoms with Gasteiger partial charge in [0, 0.05) is 10.7 Å². The van der Waals surface area contributed by atoms with Gasteiger partial charge in [-0.15, -0.1) is 7.77 Å². The molecule has 0 atom stereocenters. The Labute approximate surface area is 80.0 Å². The molecule has 1 nitrogen and oxygen atoms in total. The van der Waals surface area contributed by atoms with Crippen LogP contribution in [-0.4, -0.2) is 4.21 Å². The molecule has 1 aromatic carbocycles. The molecule has 0 aliphatic rings. The lowest BCUT2D eigenvalue weighted by atomic mass is 10.3. The molecule has 0 unspecified atom stereocenters. The maximum atomic E-state index is 12.7. The van der Waals surface area contributed by atoms with Crippen LogP contribution in [-0.2, 0) is 9.05 Å². The highest BCUT2D eigenvalue weighted by Crippen LogP contribution is 2.45. The van der Waals surface area contributed by atoms with Gasteiger partial charge in [-0.2, -0.15) is 0 Å². The zero-order valence-corrected chi connectivity index (χ0v) is 7.81. The number of hydrogen-bond acceptors (Lipinski definition) is 1. The second-order valence-corrected chi connectivity index (χ2v) is 5.69. The third-order valence-corrected chi connectivity index (χ3v) is 2.83. The molecule has 0 aliphatic heterocycles. The van der Waals surface area contributed by atoms with E-state index in [1.807, 2.05) is 0 Å². The zero-order chi connectivity index (χ0) is 11.2. The molecule has 0 saturated heterocycles. The van der Waals surface area contributed by atoms with E-state index in [9.17, 15) is 25.2 Å². The SMILES string of the molecule is O=S(F)(F)(Cl)c1ccc(F)c(F)c1F. The number of benzene rings is 1. The van der Waals surface area contributed by atoms with E-state index in [2.05, 4.69) is 10.7 Å². The molecule has 80 valence electrons. The van der Waals surface area contributed by atoms with Crippen LogP contribution in [0.4, 0.5) is 20.9 Å². The maximum Gasteiger partial charge on any atom is 0.261 e. The fraction of sp³-hybridized carbons (Fsp3) is 0. The molecule has 8 heteroatoms. The molecule has 0 aliphatic carbocycles. The molecule has 0 saturated carbocycles. The van der Waals surface area contributed by atoms with Crippen molar-refractivity contribution in [2.45, 2.75) is 4.90 Å². The van der Waals surface area contributed by atoms with E-state index < -0.39 is 31.4 Å². The molecule has 0 aromatic heterocycles. The van der Waals surface area contributed by atoms with Gasteiger partial charge in [0.05, 0.1) is 0 Å². The first-order valence-electron chi connectivity index (χ1n) is 3.06. The molecule has 0 spiro atoms. The minimum atomic E-state index is -6.91. The van der Waals surface area contributed by atoms with Crippen molar-refractivity contribution in [3.05, 3.63) is 29.6 Å². The van der Waals surface area contributed by atoms with Crippen molar-refractivity contribution in [1.82, 2.24) is 0 Å². The number of rotatable bonds is 1. The largest absolute Gasteiger partial charge is 0.261 e. The van der Waals surface area contributed by atoms with Gasteiger partial charge < -0.3 is 0 Å². The summed E-state index contributed by atoms with van der Waals surface area (Å²) in [5.41, 5.74) is 0. The predicted molar refractivity (Wildman–Crippen MR) is 40.8 cm³/mol. The summed E-state index contributed by atoms with van der Waals surface area (Å²) >= 11 is 0. The Hall–Kier alpha value is -0.690. The molecule has 0 heterocycles. The van der Waals surface area contributed by atoms with Gasteiger partial charge in [0.1, 0.15) is 4.90 Å². The van der Waals surface area contributed by atoms with Crippen molar-refractivity contribution in [2.24, 2.45) is 0 Å². The van der Waals surface area contributed by atoms with Gasteiger partial charge in [-0.1, -0.05) is 0 Å². The van der Waals surface area contributed by atoms with Crippen LogP contribution in [0.25, 0.3) is 0 Å². The van der Waals surface area contributed by atoms with Crippen LogP contribution >= 0.6 is 10.7 Å². The van der Waals surface area contributed by atoms with Crippen molar-refractivity contribution < 1.29 is 25.2 Å². The first kappa shape index (κ1) is 11.4. The zero-order valence-electron chi connectivity index (χ0n) is 6.24. The van der Waals surface area contributed by atoms with Crippen LogP contribution < -0.4 is 0 Å². The molecule has 0 bridgehead atoms. The Morgan fingerprint density at radius 3 is 2.00 bits per heavy atom. The Kier molecular flexibility index (Phi) is 2.36. The fourth-order valence-corrected chi connectivity index (χ4v) is 1.75. The monoisotopic (exact) mass is 252 g/mol. The Morgan fingerprint density at radius 2 is 1.57 bits per heavy atom. The van der Waals surface area contributed by atoms with Crippen LogP contribution in [0.1, 0.15) is 0 Å². The minimum Gasteiger partial charge on any atom is -0.204 e. The lowest BCUT2D eigenvalue weighted by Crippen LogP contribution is -2.14. The Balaban J connectivity index is 3.56. The van der Waals surface area contributed by atoms with E-state index >= 15 is 0 Å². The highest BCUT2D eigenvalue weighted by Gasteiger charge is 2.40. The molecule has 14 heavy (non-hydrogen) atoms. The predicted octanol–water partition coefficient (Wildman–Crippen LogP) is 3.21. The van der Waals surface area contributed by atoms with Crippen molar-refractivity contribution >= 4 is 19.7 Å². The molecule has 0 fully saturated rings. The highest BCUT2D eigenvalue weighted by atomic mass is 35.7. The van der Waals surface area contributed by atoms with Gasteiger partial charge in [-0.3, -0.25) is 0 Å². The van der Waals surface area contributed by atoms with E-state index in [-0.39, 0.29) is 12.1 Å². The average Bonchev–Trinajstić information content (AvgIpc) is 1.96. The summed E-state index contributed by atoms with van der Waals surface area (Å²) in [5.74, 6) is -6.06. The van der Waals surface area contributed by atoms with Crippen molar-refractivity contribution in [2.75, 3.05) is 0 Å². The summed E-state index contributed by atoms with van der Waals surface area (Å²) in [6.07, 6.45) is 0. The summed E-state index contributed by atoms with van der Waals surface area (Å²) in [4.78, 5) is -1.84. The van der Waals surface area contributed by atoms with Crippen molar-refractivity contribution in [3.8, 4) is 0 Å². The molecule has 0 amide bonds. The van der Waals surface area contributed by atoms with Crippen molar-refractivity contribution in [1.29, 1.82) is 0 Å². The van der Waals surface area contributed by atoms with E-state index in [1.165, 1.54) is 0 Å². The number of halogens is 6. The summed E-state index contributed by atoms with van der Waals surface area (Å²) in [6, 6.07) is 0.346. The summed E-state index contributed by atoms with van der Waals surface area (Å²) in [6.45, 7) is 0. The normalized spacial score (nSPS) is 14.9. The van der Waals surface area contributed by atoms with Crippen LogP contribution in [0.15, 0.2) is 17.0 Å². The van der Waals surface area contributed by atoms with Crippen LogP contribution in [0.3, 0.4) is 0 Å². The minimum absolute atomic E-state index is 0.135. The van der Waals surface area contributed by atoms with Crippen molar-refractivity contribution in [3.63, 3.8) is 0 Å². The Bertz CT molecular complexity index is 443. The molecular weight excluding hydrogens is 251 g/mol. The first-order valence-corrected chi connectivity index (χ1v) is 5.65. The first-order chi connectivity index (χ1) is 6.10. The standard InChI is InChI=1S/C6H2ClF5OS/c7-14(11,12,13)4-2-1-3(8)5(9)6(4)10/h1-2H. The quantitative estimate of drug-likeness (QED) is 0.426. The van der Waals surface area contributed by atoms with Crippen LogP contribution in [0.5, 0.6) is 0 Å². The molecular formula is C6H2ClF5OS. The van der Waals surface area contributed by atoms with E-state index in [1.54, 1.807) is 0 Å². The molecule has 1 aromatic rings. The second-order valence-electron chi connectivity index (χ2n) is 2.35. The van der Waals surface area contributed by atoms with Gasteiger partial charge in [0.25, 0.3) is 9.05 Å². The molecule has 0 N–H and O–H groups in total.